The third-order valence-electron chi connectivity index (χ3n) is 2.46. The lowest BCUT2D eigenvalue weighted by molar-refractivity contribution is 0.318. The Morgan fingerprint density at radius 3 is 2.79 bits per heavy atom. The smallest absolute Gasteiger partial charge is 0.187 e. The SMILES string of the molecule is NCc1cccc(OCCCSc2ncccn2)c1. The quantitative estimate of drug-likeness (QED) is 0.478. The Hall–Kier alpha value is -1.59. The molecule has 1 aromatic carbocycles. The summed E-state index contributed by atoms with van der Waals surface area (Å²) in [5.41, 5.74) is 6.67. The van der Waals surface area contributed by atoms with Crippen LogP contribution in [0, 0.1) is 0 Å². The Kier molecular flexibility index (Phi) is 5.65. The maximum absolute atomic E-state index is 5.68. The molecular weight excluding hydrogens is 258 g/mol. The molecule has 0 spiro atoms. The van der Waals surface area contributed by atoms with E-state index < -0.39 is 0 Å². The van der Waals surface area contributed by atoms with Crippen molar-refractivity contribution in [2.24, 2.45) is 5.73 Å². The molecule has 1 aromatic heterocycles. The van der Waals surface area contributed by atoms with Crippen LogP contribution in [0.1, 0.15) is 12.0 Å². The molecule has 0 atom stereocenters. The van der Waals surface area contributed by atoms with Crippen molar-refractivity contribution in [3.05, 3.63) is 48.3 Å². The molecule has 0 saturated heterocycles. The zero-order chi connectivity index (χ0) is 13.3. The lowest BCUT2D eigenvalue weighted by atomic mass is 10.2. The molecule has 19 heavy (non-hydrogen) atoms. The lowest BCUT2D eigenvalue weighted by Gasteiger charge is -2.07. The third-order valence-corrected chi connectivity index (χ3v) is 3.43. The summed E-state index contributed by atoms with van der Waals surface area (Å²) in [5.74, 6) is 1.82. The number of aromatic nitrogens is 2. The molecular formula is C14H17N3OS. The predicted molar refractivity (Wildman–Crippen MR) is 77.2 cm³/mol. The van der Waals surface area contributed by atoms with Crippen LogP contribution in [0.4, 0.5) is 0 Å². The first kappa shape index (κ1) is 13.8. The molecule has 0 amide bonds. The molecule has 0 fully saturated rings. The van der Waals surface area contributed by atoms with Gasteiger partial charge in [0.15, 0.2) is 5.16 Å². The molecule has 0 aliphatic rings. The summed E-state index contributed by atoms with van der Waals surface area (Å²) in [6.45, 7) is 1.23. The fourth-order valence-corrected chi connectivity index (χ4v) is 2.25. The Labute approximate surface area is 117 Å². The number of nitrogens with zero attached hydrogens (tertiary/aromatic N) is 2. The van der Waals surface area contributed by atoms with Crippen LogP contribution in [0.2, 0.25) is 0 Å². The van der Waals surface area contributed by atoms with Gasteiger partial charge >= 0.3 is 0 Å². The first-order chi connectivity index (χ1) is 9.38. The van der Waals surface area contributed by atoms with Crippen molar-refractivity contribution in [2.75, 3.05) is 12.4 Å². The van der Waals surface area contributed by atoms with Gasteiger partial charge in [-0.05, 0) is 30.2 Å². The van der Waals surface area contributed by atoms with Gasteiger partial charge in [-0.25, -0.2) is 9.97 Å². The topological polar surface area (TPSA) is 61.0 Å². The summed E-state index contributed by atoms with van der Waals surface area (Å²) in [6.07, 6.45) is 4.46. The predicted octanol–water partition coefficient (Wildman–Crippen LogP) is 2.50. The zero-order valence-electron chi connectivity index (χ0n) is 10.7. The van der Waals surface area contributed by atoms with E-state index in [1.54, 1.807) is 24.2 Å². The van der Waals surface area contributed by atoms with E-state index in [0.717, 1.165) is 28.6 Å². The van der Waals surface area contributed by atoms with Crippen LogP contribution < -0.4 is 10.5 Å². The van der Waals surface area contributed by atoms with Crippen molar-refractivity contribution in [1.29, 1.82) is 0 Å². The van der Waals surface area contributed by atoms with Crippen LogP contribution in [-0.4, -0.2) is 22.3 Å². The molecule has 0 radical (unpaired) electrons. The van der Waals surface area contributed by atoms with Crippen molar-refractivity contribution in [1.82, 2.24) is 9.97 Å². The van der Waals surface area contributed by atoms with Gasteiger partial charge in [-0.2, -0.15) is 0 Å². The Morgan fingerprint density at radius 2 is 2.00 bits per heavy atom. The Morgan fingerprint density at radius 1 is 1.16 bits per heavy atom. The molecule has 2 aromatic rings. The lowest BCUT2D eigenvalue weighted by Crippen LogP contribution is -2.01. The highest BCUT2D eigenvalue weighted by molar-refractivity contribution is 7.99. The van der Waals surface area contributed by atoms with Crippen LogP contribution in [0.3, 0.4) is 0 Å². The molecule has 0 saturated carbocycles. The highest BCUT2D eigenvalue weighted by Crippen LogP contribution is 2.15. The van der Waals surface area contributed by atoms with E-state index in [4.69, 9.17) is 10.5 Å². The molecule has 5 heteroatoms. The van der Waals surface area contributed by atoms with Gasteiger partial charge < -0.3 is 10.5 Å². The van der Waals surface area contributed by atoms with Crippen LogP contribution in [0.25, 0.3) is 0 Å². The summed E-state index contributed by atoms with van der Waals surface area (Å²) in [4.78, 5) is 8.31. The Bertz CT molecular complexity index is 493. The molecule has 2 N–H and O–H groups in total. The first-order valence-corrected chi connectivity index (χ1v) is 7.18. The van der Waals surface area contributed by atoms with E-state index in [1.807, 2.05) is 30.3 Å². The minimum atomic E-state index is 0.540. The van der Waals surface area contributed by atoms with Gasteiger partial charge in [0.25, 0.3) is 0 Å². The second-order valence-corrected chi connectivity index (χ2v) is 5.00. The second kappa shape index (κ2) is 7.76. The van der Waals surface area contributed by atoms with Gasteiger partial charge in [-0.1, -0.05) is 23.9 Å². The van der Waals surface area contributed by atoms with Gasteiger partial charge in [0.2, 0.25) is 0 Å². The fraction of sp³-hybridized carbons (Fsp3) is 0.286. The normalized spacial score (nSPS) is 10.4. The van der Waals surface area contributed by atoms with Crippen molar-refractivity contribution in [3.8, 4) is 5.75 Å². The van der Waals surface area contributed by atoms with Gasteiger partial charge in [0.1, 0.15) is 5.75 Å². The summed E-state index contributed by atoms with van der Waals surface area (Å²) in [5, 5.41) is 0.813. The van der Waals surface area contributed by atoms with Gasteiger partial charge in [-0.15, -0.1) is 0 Å². The molecule has 2 rings (SSSR count). The van der Waals surface area contributed by atoms with Crippen molar-refractivity contribution in [3.63, 3.8) is 0 Å². The van der Waals surface area contributed by atoms with E-state index >= 15 is 0 Å². The maximum Gasteiger partial charge on any atom is 0.187 e. The second-order valence-electron chi connectivity index (χ2n) is 3.93. The number of hydrogen-bond donors (Lipinski definition) is 1. The average Bonchev–Trinajstić information content (AvgIpc) is 2.48. The summed E-state index contributed by atoms with van der Waals surface area (Å²) < 4.78 is 5.68. The van der Waals surface area contributed by atoms with E-state index in [9.17, 15) is 0 Å². The Balaban J connectivity index is 1.66. The summed E-state index contributed by atoms with van der Waals surface area (Å²) >= 11 is 1.64. The van der Waals surface area contributed by atoms with Crippen LogP contribution in [0.5, 0.6) is 5.75 Å². The molecule has 4 nitrogen and oxygen atoms in total. The number of rotatable bonds is 7. The molecule has 1 heterocycles. The standard InChI is InChI=1S/C14H17N3OS/c15-11-12-4-1-5-13(10-12)18-8-3-9-19-14-16-6-2-7-17-14/h1-2,4-7,10H,3,8-9,11,15H2. The van der Waals surface area contributed by atoms with E-state index in [-0.39, 0.29) is 0 Å². The number of thioether (sulfide) groups is 1. The summed E-state index contributed by atoms with van der Waals surface area (Å²) in [7, 11) is 0. The molecule has 100 valence electrons. The number of ether oxygens (including phenoxy) is 1. The molecule has 0 unspecified atom stereocenters. The van der Waals surface area contributed by atoms with Crippen LogP contribution in [-0.2, 0) is 6.54 Å². The number of benzene rings is 1. The van der Waals surface area contributed by atoms with E-state index in [1.165, 1.54) is 0 Å². The van der Waals surface area contributed by atoms with Crippen LogP contribution in [0.15, 0.2) is 47.9 Å². The van der Waals surface area contributed by atoms with E-state index in [2.05, 4.69) is 9.97 Å². The minimum Gasteiger partial charge on any atom is -0.494 e. The van der Waals surface area contributed by atoms with Gasteiger partial charge in [0, 0.05) is 24.7 Å². The van der Waals surface area contributed by atoms with Gasteiger partial charge in [-0.3, -0.25) is 0 Å². The fourth-order valence-electron chi connectivity index (χ4n) is 1.53. The van der Waals surface area contributed by atoms with Crippen molar-refractivity contribution in [2.45, 2.75) is 18.1 Å². The highest BCUT2D eigenvalue weighted by atomic mass is 32.2. The highest BCUT2D eigenvalue weighted by Gasteiger charge is 1.98. The molecule has 0 aliphatic carbocycles. The number of hydrogen-bond acceptors (Lipinski definition) is 5. The van der Waals surface area contributed by atoms with Gasteiger partial charge in [0.05, 0.1) is 6.61 Å². The minimum absolute atomic E-state index is 0.540. The van der Waals surface area contributed by atoms with Crippen molar-refractivity contribution >= 4 is 11.8 Å². The summed E-state index contributed by atoms with van der Waals surface area (Å²) in [6, 6.07) is 9.71. The number of nitrogens with two attached hydrogens (primary N) is 1. The third kappa shape index (κ3) is 4.89. The van der Waals surface area contributed by atoms with Crippen molar-refractivity contribution < 1.29 is 4.74 Å². The molecule has 0 bridgehead atoms. The van der Waals surface area contributed by atoms with Crippen LogP contribution >= 0.6 is 11.8 Å². The largest absolute Gasteiger partial charge is 0.494 e. The average molecular weight is 275 g/mol. The first-order valence-electron chi connectivity index (χ1n) is 6.20. The molecule has 0 aliphatic heterocycles. The maximum atomic E-state index is 5.68. The zero-order valence-corrected chi connectivity index (χ0v) is 11.5. The monoisotopic (exact) mass is 275 g/mol. The van der Waals surface area contributed by atoms with E-state index in [0.29, 0.717) is 13.2 Å².